The maximum atomic E-state index is 12.2. The Labute approximate surface area is 119 Å². The molecule has 2 rings (SSSR count). The fraction of sp³-hybridized carbons (Fsp3) is 0.375. The van der Waals surface area contributed by atoms with Crippen LogP contribution in [-0.2, 0) is 21.4 Å². The number of rotatable bonds is 4. The number of hydrogen-bond donors (Lipinski definition) is 1. The van der Waals surface area contributed by atoms with Crippen LogP contribution in [0.4, 0.5) is 5.69 Å². The van der Waals surface area contributed by atoms with Gasteiger partial charge in [-0.3, -0.25) is 9.59 Å². The van der Waals surface area contributed by atoms with Crippen LogP contribution in [0.3, 0.4) is 0 Å². The maximum Gasteiger partial charge on any atom is 0.236 e. The predicted molar refractivity (Wildman–Crippen MR) is 79.8 cm³/mol. The lowest BCUT2D eigenvalue weighted by Gasteiger charge is -2.16. The number of carbonyl (C=O) groups excluding carboxylic acids is 2. The SMILES string of the molecule is C=CCNC(=O)Cc1ccc2c(c1)C(C)(C)C(=O)N2C. The Kier molecular flexibility index (Phi) is 3.66. The molecular formula is C16H20N2O2. The van der Waals surface area contributed by atoms with Crippen LogP contribution >= 0.6 is 0 Å². The van der Waals surface area contributed by atoms with Crippen molar-refractivity contribution in [3.63, 3.8) is 0 Å². The summed E-state index contributed by atoms with van der Waals surface area (Å²) in [6, 6.07) is 5.78. The zero-order chi connectivity index (χ0) is 14.9. The normalized spacial score (nSPS) is 15.9. The van der Waals surface area contributed by atoms with Crippen LogP contribution < -0.4 is 10.2 Å². The molecule has 0 radical (unpaired) electrons. The largest absolute Gasteiger partial charge is 0.352 e. The molecule has 1 aromatic rings. The van der Waals surface area contributed by atoms with Gasteiger partial charge in [0.05, 0.1) is 11.8 Å². The van der Waals surface area contributed by atoms with Gasteiger partial charge < -0.3 is 10.2 Å². The summed E-state index contributed by atoms with van der Waals surface area (Å²) in [5.41, 5.74) is 2.30. The van der Waals surface area contributed by atoms with Gasteiger partial charge in [-0.15, -0.1) is 6.58 Å². The van der Waals surface area contributed by atoms with Crippen molar-refractivity contribution < 1.29 is 9.59 Å². The van der Waals surface area contributed by atoms with Gasteiger partial charge in [0, 0.05) is 19.3 Å². The summed E-state index contributed by atoms with van der Waals surface area (Å²) in [4.78, 5) is 25.6. The quantitative estimate of drug-likeness (QED) is 0.849. The molecule has 1 aliphatic heterocycles. The summed E-state index contributed by atoms with van der Waals surface area (Å²) in [6.45, 7) is 7.87. The monoisotopic (exact) mass is 272 g/mol. The van der Waals surface area contributed by atoms with E-state index in [1.807, 2.05) is 32.0 Å². The van der Waals surface area contributed by atoms with E-state index in [1.54, 1.807) is 18.0 Å². The fourth-order valence-electron chi connectivity index (χ4n) is 2.56. The molecule has 0 fully saturated rings. The van der Waals surface area contributed by atoms with Crippen LogP contribution in [0.15, 0.2) is 30.9 Å². The molecule has 0 spiro atoms. The third-order valence-electron chi connectivity index (χ3n) is 3.74. The van der Waals surface area contributed by atoms with Gasteiger partial charge in [-0.05, 0) is 31.0 Å². The van der Waals surface area contributed by atoms with Gasteiger partial charge in [-0.1, -0.05) is 18.2 Å². The molecule has 4 nitrogen and oxygen atoms in total. The highest BCUT2D eigenvalue weighted by atomic mass is 16.2. The smallest absolute Gasteiger partial charge is 0.236 e. The first-order chi connectivity index (χ1) is 9.37. The molecule has 1 aliphatic rings. The van der Waals surface area contributed by atoms with E-state index >= 15 is 0 Å². The average Bonchev–Trinajstić information content (AvgIpc) is 2.58. The fourth-order valence-corrected chi connectivity index (χ4v) is 2.56. The molecule has 0 saturated heterocycles. The average molecular weight is 272 g/mol. The highest BCUT2D eigenvalue weighted by molar-refractivity contribution is 6.07. The third-order valence-corrected chi connectivity index (χ3v) is 3.74. The van der Waals surface area contributed by atoms with Crippen LogP contribution in [-0.4, -0.2) is 25.4 Å². The molecule has 0 unspecified atom stereocenters. The minimum absolute atomic E-state index is 0.0414. The molecule has 2 amide bonds. The molecule has 0 aliphatic carbocycles. The Hall–Kier alpha value is -2.10. The number of likely N-dealkylation sites (N-methyl/N-ethyl adjacent to an activating group) is 1. The van der Waals surface area contributed by atoms with E-state index in [4.69, 9.17) is 0 Å². The number of nitrogens with zero attached hydrogens (tertiary/aromatic N) is 1. The summed E-state index contributed by atoms with van der Waals surface area (Å²) in [7, 11) is 1.78. The van der Waals surface area contributed by atoms with Gasteiger partial charge >= 0.3 is 0 Å². The molecule has 0 atom stereocenters. The standard InChI is InChI=1S/C16H20N2O2/c1-5-8-17-14(19)10-11-6-7-13-12(9-11)16(2,3)15(20)18(13)4/h5-7,9H,1,8,10H2,2-4H3,(H,17,19). The number of fused-ring (bicyclic) bond motifs is 1. The van der Waals surface area contributed by atoms with E-state index in [2.05, 4.69) is 11.9 Å². The van der Waals surface area contributed by atoms with Crippen LogP contribution in [0.1, 0.15) is 25.0 Å². The van der Waals surface area contributed by atoms with Crippen LogP contribution in [0.2, 0.25) is 0 Å². The van der Waals surface area contributed by atoms with Gasteiger partial charge in [0.25, 0.3) is 0 Å². The van der Waals surface area contributed by atoms with E-state index in [-0.39, 0.29) is 11.8 Å². The zero-order valence-corrected chi connectivity index (χ0v) is 12.2. The molecule has 1 aromatic carbocycles. The summed E-state index contributed by atoms with van der Waals surface area (Å²) < 4.78 is 0. The van der Waals surface area contributed by atoms with Crippen molar-refractivity contribution in [2.45, 2.75) is 25.7 Å². The molecule has 1 heterocycles. The van der Waals surface area contributed by atoms with Gasteiger partial charge in [0.2, 0.25) is 11.8 Å². The first-order valence-corrected chi connectivity index (χ1v) is 6.67. The topological polar surface area (TPSA) is 49.4 Å². The molecule has 0 aromatic heterocycles. The van der Waals surface area contributed by atoms with Gasteiger partial charge in [0.1, 0.15) is 0 Å². The van der Waals surface area contributed by atoms with Gasteiger partial charge in [0.15, 0.2) is 0 Å². The number of hydrogen-bond acceptors (Lipinski definition) is 2. The van der Waals surface area contributed by atoms with Crippen molar-refractivity contribution in [2.75, 3.05) is 18.5 Å². The predicted octanol–water partition coefficient (Wildman–Crippen LogP) is 1.79. The minimum Gasteiger partial charge on any atom is -0.352 e. The summed E-state index contributed by atoms with van der Waals surface area (Å²) in [5, 5.41) is 2.75. The molecule has 106 valence electrons. The Bertz CT molecular complexity index is 576. The molecule has 0 saturated carbocycles. The first-order valence-electron chi connectivity index (χ1n) is 6.67. The highest BCUT2D eigenvalue weighted by Crippen LogP contribution is 2.41. The van der Waals surface area contributed by atoms with Gasteiger partial charge in [-0.2, -0.15) is 0 Å². The summed E-state index contributed by atoms with van der Waals surface area (Å²) in [6.07, 6.45) is 1.96. The molecule has 20 heavy (non-hydrogen) atoms. The van der Waals surface area contributed by atoms with Crippen LogP contribution in [0.5, 0.6) is 0 Å². The van der Waals surface area contributed by atoms with Crippen LogP contribution in [0.25, 0.3) is 0 Å². The van der Waals surface area contributed by atoms with E-state index < -0.39 is 5.41 Å². The second-order valence-corrected chi connectivity index (χ2v) is 5.61. The van der Waals surface area contributed by atoms with E-state index in [0.29, 0.717) is 13.0 Å². The second-order valence-electron chi connectivity index (χ2n) is 5.61. The highest BCUT2D eigenvalue weighted by Gasteiger charge is 2.42. The van der Waals surface area contributed by atoms with Crippen molar-refractivity contribution in [1.82, 2.24) is 5.32 Å². The molecule has 1 N–H and O–H groups in total. The van der Waals surface area contributed by atoms with Crippen molar-refractivity contribution in [1.29, 1.82) is 0 Å². The van der Waals surface area contributed by atoms with E-state index in [1.165, 1.54) is 0 Å². The Morgan fingerprint density at radius 2 is 2.15 bits per heavy atom. The third kappa shape index (κ3) is 2.33. The Balaban J connectivity index is 2.25. The lowest BCUT2D eigenvalue weighted by Crippen LogP contribution is -2.33. The molecule has 0 bridgehead atoms. The number of amides is 2. The number of anilines is 1. The number of nitrogens with one attached hydrogen (secondary N) is 1. The van der Waals surface area contributed by atoms with Crippen molar-refractivity contribution in [2.24, 2.45) is 0 Å². The summed E-state index contributed by atoms with van der Waals surface area (Å²) in [5.74, 6) is 0.0427. The lowest BCUT2D eigenvalue weighted by molar-refractivity contribution is -0.122. The summed E-state index contributed by atoms with van der Waals surface area (Å²) >= 11 is 0. The lowest BCUT2D eigenvalue weighted by atomic mass is 9.85. The number of carbonyl (C=O) groups is 2. The van der Waals surface area contributed by atoms with Crippen molar-refractivity contribution in [3.05, 3.63) is 42.0 Å². The maximum absolute atomic E-state index is 12.2. The minimum atomic E-state index is -0.530. The van der Waals surface area contributed by atoms with E-state index in [9.17, 15) is 9.59 Å². The van der Waals surface area contributed by atoms with E-state index in [0.717, 1.165) is 16.8 Å². The first kappa shape index (κ1) is 14.3. The van der Waals surface area contributed by atoms with Crippen molar-refractivity contribution >= 4 is 17.5 Å². The van der Waals surface area contributed by atoms with Crippen LogP contribution in [0, 0.1) is 0 Å². The molecule has 4 heteroatoms. The second kappa shape index (κ2) is 5.12. The number of benzene rings is 1. The Morgan fingerprint density at radius 1 is 1.45 bits per heavy atom. The zero-order valence-electron chi connectivity index (χ0n) is 12.2. The van der Waals surface area contributed by atoms with Gasteiger partial charge in [-0.25, -0.2) is 0 Å². The van der Waals surface area contributed by atoms with Crippen molar-refractivity contribution in [3.8, 4) is 0 Å². The Morgan fingerprint density at radius 3 is 2.80 bits per heavy atom. The molecular weight excluding hydrogens is 252 g/mol.